The highest BCUT2D eigenvalue weighted by molar-refractivity contribution is 7.91. The van der Waals surface area contributed by atoms with Crippen LogP contribution < -0.4 is 28.7 Å². The van der Waals surface area contributed by atoms with Crippen molar-refractivity contribution in [3.05, 3.63) is 84.4 Å². The highest BCUT2D eigenvalue weighted by Crippen LogP contribution is 2.21. The van der Waals surface area contributed by atoms with Crippen LogP contribution in [0.1, 0.15) is 5.56 Å². The highest BCUT2D eigenvalue weighted by atomic mass is 32.2. The van der Waals surface area contributed by atoms with E-state index in [2.05, 4.69) is 5.32 Å². The van der Waals surface area contributed by atoms with Gasteiger partial charge in [0.05, 0.1) is 19.9 Å². The van der Waals surface area contributed by atoms with E-state index >= 15 is 0 Å². The molecule has 0 saturated heterocycles. The summed E-state index contributed by atoms with van der Waals surface area (Å²) in [5, 5.41) is 2.53. The zero-order valence-electron chi connectivity index (χ0n) is 21.0. The lowest BCUT2D eigenvalue weighted by Crippen LogP contribution is -2.54. The van der Waals surface area contributed by atoms with Crippen molar-refractivity contribution in [2.45, 2.75) is 12.5 Å². The third-order valence-electron chi connectivity index (χ3n) is 5.69. The number of likely N-dealkylation sites (N-methyl/N-ethyl adjacent to an activating group) is 1. The molecule has 3 amide bonds. The summed E-state index contributed by atoms with van der Waals surface area (Å²) in [6.45, 7) is 0. The standard InChI is InChI=1S/C26H30N4O6S/c1-29(20-10-14-22(35-3)15-11-20)25(31)24(18-19-8-6-5-7-9-19)27-26(32)28-37(33,34)30(2)21-12-16-23(36-4)17-13-21/h5-17,24H,18H2,1-4H3,(H2,27,28,32). The molecule has 0 radical (unpaired) electrons. The van der Waals surface area contributed by atoms with Gasteiger partial charge in [-0.05, 0) is 54.1 Å². The Hall–Kier alpha value is -4.25. The van der Waals surface area contributed by atoms with Crippen molar-refractivity contribution in [1.29, 1.82) is 0 Å². The topological polar surface area (TPSA) is 117 Å². The molecule has 0 aromatic heterocycles. The van der Waals surface area contributed by atoms with Gasteiger partial charge in [0.25, 0.3) is 0 Å². The first-order chi connectivity index (χ1) is 17.6. The van der Waals surface area contributed by atoms with Crippen molar-refractivity contribution in [1.82, 2.24) is 10.0 Å². The lowest BCUT2D eigenvalue weighted by atomic mass is 10.0. The molecule has 1 unspecified atom stereocenters. The number of ether oxygens (including phenoxy) is 2. The average Bonchev–Trinajstić information content (AvgIpc) is 2.91. The molecule has 0 bridgehead atoms. The van der Waals surface area contributed by atoms with Crippen LogP contribution in [0.25, 0.3) is 0 Å². The largest absolute Gasteiger partial charge is 0.497 e. The molecule has 0 spiro atoms. The fraction of sp³-hybridized carbons (Fsp3) is 0.231. The number of rotatable bonds is 10. The maximum Gasteiger partial charge on any atom is 0.330 e. The third-order valence-corrected chi connectivity index (χ3v) is 7.07. The molecule has 0 fully saturated rings. The van der Waals surface area contributed by atoms with Gasteiger partial charge in [0.15, 0.2) is 0 Å². The number of carbonyl (C=O) groups is 2. The molecule has 37 heavy (non-hydrogen) atoms. The summed E-state index contributed by atoms with van der Waals surface area (Å²) in [5.74, 6) is 0.766. The van der Waals surface area contributed by atoms with Gasteiger partial charge in [-0.25, -0.2) is 9.52 Å². The van der Waals surface area contributed by atoms with Crippen LogP contribution in [-0.2, 0) is 21.4 Å². The van der Waals surface area contributed by atoms with E-state index < -0.39 is 28.2 Å². The summed E-state index contributed by atoms with van der Waals surface area (Å²) in [6.07, 6.45) is 0.155. The first-order valence-electron chi connectivity index (χ1n) is 11.3. The van der Waals surface area contributed by atoms with E-state index in [0.29, 0.717) is 22.9 Å². The quantitative estimate of drug-likeness (QED) is 0.420. The summed E-state index contributed by atoms with van der Waals surface area (Å²) < 4.78 is 38.8. The fourth-order valence-corrected chi connectivity index (χ4v) is 4.35. The number of amides is 3. The predicted octanol–water partition coefficient (Wildman–Crippen LogP) is 2.96. The minimum atomic E-state index is -4.26. The third kappa shape index (κ3) is 7.14. The zero-order valence-corrected chi connectivity index (χ0v) is 21.9. The van der Waals surface area contributed by atoms with E-state index in [-0.39, 0.29) is 6.42 Å². The second-order valence-electron chi connectivity index (χ2n) is 8.08. The molecular weight excluding hydrogens is 496 g/mol. The van der Waals surface area contributed by atoms with Gasteiger partial charge in [-0.1, -0.05) is 30.3 Å². The van der Waals surface area contributed by atoms with Gasteiger partial charge in [0.1, 0.15) is 17.5 Å². The Bertz CT molecular complexity index is 1300. The number of nitrogens with zero attached hydrogens (tertiary/aromatic N) is 2. The Morgan fingerprint density at radius 1 is 0.811 bits per heavy atom. The molecule has 0 aliphatic rings. The lowest BCUT2D eigenvalue weighted by molar-refractivity contribution is -0.120. The fourth-order valence-electron chi connectivity index (χ4n) is 3.52. The normalized spacial score (nSPS) is 11.7. The van der Waals surface area contributed by atoms with Crippen molar-refractivity contribution in [3.8, 4) is 11.5 Å². The monoisotopic (exact) mass is 526 g/mol. The molecular formula is C26H30N4O6S. The van der Waals surface area contributed by atoms with Gasteiger partial charge in [0.2, 0.25) is 5.91 Å². The number of hydrogen-bond acceptors (Lipinski definition) is 6. The second kappa shape index (κ2) is 12.1. The minimum absolute atomic E-state index is 0.155. The number of methoxy groups -OCH3 is 2. The van der Waals surface area contributed by atoms with Crippen molar-refractivity contribution in [2.75, 3.05) is 37.5 Å². The van der Waals surface area contributed by atoms with Crippen LogP contribution in [-0.4, -0.2) is 54.7 Å². The molecule has 11 heteroatoms. The molecule has 3 aromatic carbocycles. The molecule has 2 N–H and O–H groups in total. The van der Waals surface area contributed by atoms with Crippen molar-refractivity contribution in [3.63, 3.8) is 0 Å². The van der Waals surface area contributed by atoms with Crippen molar-refractivity contribution >= 4 is 33.5 Å². The lowest BCUT2D eigenvalue weighted by Gasteiger charge is -2.26. The molecule has 0 aliphatic heterocycles. The SMILES string of the molecule is COc1ccc(N(C)C(=O)C(Cc2ccccc2)NC(=O)NS(=O)(=O)N(C)c2ccc(OC)cc2)cc1. The Morgan fingerprint density at radius 2 is 1.32 bits per heavy atom. The summed E-state index contributed by atoms with van der Waals surface area (Å²) in [7, 11) is 1.67. The van der Waals surface area contributed by atoms with E-state index in [1.54, 1.807) is 62.7 Å². The maximum atomic E-state index is 13.4. The predicted molar refractivity (Wildman–Crippen MR) is 142 cm³/mol. The number of hydrogen-bond donors (Lipinski definition) is 2. The van der Waals surface area contributed by atoms with Gasteiger partial charge in [-0.3, -0.25) is 9.10 Å². The average molecular weight is 527 g/mol. The Balaban J connectivity index is 1.77. The van der Waals surface area contributed by atoms with E-state index in [0.717, 1.165) is 9.87 Å². The second-order valence-corrected chi connectivity index (χ2v) is 9.79. The van der Waals surface area contributed by atoms with Gasteiger partial charge in [0, 0.05) is 26.2 Å². The Morgan fingerprint density at radius 3 is 1.84 bits per heavy atom. The van der Waals surface area contributed by atoms with Crippen LogP contribution >= 0.6 is 0 Å². The molecule has 196 valence electrons. The van der Waals surface area contributed by atoms with Gasteiger partial charge >= 0.3 is 16.2 Å². The Labute approximate surface area is 217 Å². The summed E-state index contributed by atoms with van der Waals surface area (Å²) in [5.41, 5.74) is 1.69. The Kier molecular flexibility index (Phi) is 8.96. The van der Waals surface area contributed by atoms with Crippen molar-refractivity contribution in [2.24, 2.45) is 0 Å². The van der Waals surface area contributed by atoms with Crippen LogP contribution in [0.4, 0.5) is 16.2 Å². The van der Waals surface area contributed by atoms with E-state index in [1.165, 1.54) is 19.1 Å². The molecule has 3 rings (SSSR count). The minimum Gasteiger partial charge on any atom is -0.497 e. The number of carbonyl (C=O) groups excluding carboxylic acids is 2. The maximum absolute atomic E-state index is 13.4. The number of urea groups is 1. The first kappa shape index (κ1) is 27.3. The summed E-state index contributed by atoms with van der Waals surface area (Å²) in [4.78, 5) is 27.6. The van der Waals surface area contributed by atoms with Gasteiger partial charge in [-0.2, -0.15) is 8.42 Å². The van der Waals surface area contributed by atoms with Crippen LogP contribution in [0.5, 0.6) is 11.5 Å². The molecule has 3 aromatic rings. The smallest absolute Gasteiger partial charge is 0.330 e. The molecule has 0 aliphatic carbocycles. The van der Waals surface area contributed by atoms with E-state index in [9.17, 15) is 18.0 Å². The van der Waals surface area contributed by atoms with E-state index in [1.807, 2.05) is 35.1 Å². The highest BCUT2D eigenvalue weighted by Gasteiger charge is 2.28. The number of nitrogens with one attached hydrogen (secondary N) is 2. The molecule has 0 saturated carbocycles. The van der Waals surface area contributed by atoms with Crippen LogP contribution in [0.2, 0.25) is 0 Å². The van der Waals surface area contributed by atoms with Gasteiger partial charge in [-0.15, -0.1) is 0 Å². The summed E-state index contributed by atoms with van der Waals surface area (Å²) >= 11 is 0. The number of benzene rings is 3. The molecule has 0 heterocycles. The first-order valence-corrected chi connectivity index (χ1v) is 12.8. The van der Waals surface area contributed by atoms with Gasteiger partial charge < -0.3 is 19.7 Å². The van der Waals surface area contributed by atoms with Crippen molar-refractivity contribution < 1.29 is 27.5 Å². The van der Waals surface area contributed by atoms with E-state index in [4.69, 9.17) is 9.47 Å². The molecule has 10 nitrogen and oxygen atoms in total. The van der Waals surface area contributed by atoms with Crippen LogP contribution in [0.15, 0.2) is 78.9 Å². The van der Waals surface area contributed by atoms with Crippen LogP contribution in [0, 0.1) is 0 Å². The summed E-state index contributed by atoms with van der Waals surface area (Å²) in [6, 6.07) is 20.2. The van der Waals surface area contributed by atoms with Crippen LogP contribution in [0.3, 0.4) is 0 Å². The molecule has 1 atom stereocenters. The number of anilines is 2. The zero-order chi connectivity index (χ0) is 27.0.